The Balaban J connectivity index is 1.70. The highest BCUT2D eigenvalue weighted by Gasteiger charge is 2.30. The van der Waals surface area contributed by atoms with Crippen molar-refractivity contribution in [2.45, 2.75) is 0 Å². The molecular formula is C17H13N5O3S. The molecule has 1 saturated heterocycles. The molecule has 4 rings (SSSR count). The van der Waals surface area contributed by atoms with Crippen LogP contribution in [0.15, 0.2) is 54.0 Å². The third-order valence-corrected chi connectivity index (χ3v) is 4.64. The molecule has 3 heterocycles. The van der Waals surface area contributed by atoms with Crippen molar-refractivity contribution in [2.75, 3.05) is 6.54 Å². The van der Waals surface area contributed by atoms with E-state index in [1.54, 1.807) is 10.9 Å². The van der Waals surface area contributed by atoms with Gasteiger partial charge in [0.2, 0.25) is 5.91 Å². The summed E-state index contributed by atoms with van der Waals surface area (Å²) in [7, 11) is 0. The van der Waals surface area contributed by atoms with Gasteiger partial charge in [-0.1, -0.05) is 24.3 Å². The second-order valence-corrected chi connectivity index (χ2v) is 6.48. The van der Waals surface area contributed by atoms with E-state index in [1.807, 2.05) is 47.8 Å². The van der Waals surface area contributed by atoms with E-state index < -0.39 is 17.8 Å². The Labute approximate surface area is 152 Å². The number of imide groups is 1. The molecule has 3 aromatic rings. The zero-order chi connectivity index (χ0) is 18.1. The number of benzene rings is 1. The summed E-state index contributed by atoms with van der Waals surface area (Å²) in [6.45, 7) is -0.217. The summed E-state index contributed by atoms with van der Waals surface area (Å²) >= 11 is 1.46. The second kappa shape index (κ2) is 6.45. The zero-order valence-corrected chi connectivity index (χ0v) is 14.2. The van der Waals surface area contributed by atoms with Crippen molar-refractivity contribution in [3.8, 4) is 16.3 Å². The van der Waals surface area contributed by atoms with Crippen LogP contribution < -0.4 is 10.7 Å². The number of carbonyl (C=O) groups excluding carboxylic acids is 3. The molecule has 26 heavy (non-hydrogen) atoms. The zero-order valence-electron chi connectivity index (χ0n) is 13.4. The molecule has 1 aliphatic heterocycles. The Morgan fingerprint density at radius 3 is 2.62 bits per heavy atom. The standard InChI is InChI=1S/C17H13N5O3S/c23-14-10-22(17(25)18-14)20-16(24)12-9-21(11-5-2-1-3-6-11)19-15(12)13-7-4-8-26-13/h1-9H,10H2,(H,20,24)(H,18,23,25). The number of thiophene rings is 1. The molecule has 0 aliphatic carbocycles. The number of hydrogen-bond acceptors (Lipinski definition) is 5. The van der Waals surface area contributed by atoms with Gasteiger partial charge in [0, 0.05) is 6.20 Å². The average molecular weight is 367 g/mol. The normalized spacial score (nSPS) is 13.8. The van der Waals surface area contributed by atoms with Crippen LogP contribution in [0.4, 0.5) is 4.79 Å². The Bertz CT molecular complexity index is 981. The number of hydrogen-bond donors (Lipinski definition) is 2. The van der Waals surface area contributed by atoms with Gasteiger partial charge in [0.15, 0.2) is 0 Å². The monoisotopic (exact) mass is 367 g/mol. The maximum absolute atomic E-state index is 12.7. The van der Waals surface area contributed by atoms with E-state index in [9.17, 15) is 14.4 Å². The fourth-order valence-electron chi connectivity index (χ4n) is 2.56. The van der Waals surface area contributed by atoms with Crippen LogP contribution in [0.2, 0.25) is 0 Å². The highest BCUT2D eigenvalue weighted by atomic mass is 32.1. The van der Waals surface area contributed by atoms with Gasteiger partial charge in [-0.2, -0.15) is 5.10 Å². The summed E-state index contributed by atoms with van der Waals surface area (Å²) in [6, 6.07) is 12.5. The topological polar surface area (TPSA) is 96.3 Å². The molecule has 1 aromatic carbocycles. The predicted molar refractivity (Wildman–Crippen MR) is 94.6 cm³/mol. The lowest BCUT2D eigenvalue weighted by Crippen LogP contribution is -2.44. The molecule has 8 nitrogen and oxygen atoms in total. The van der Waals surface area contributed by atoms with Crippen molar-refractivity contribution in [2.24, 2.45) is 0 Å². The number of urea groups is 1. The fraction of sp³-hybridized carbons (Fsp3) is 0.0588. The highest BCUT2D eigenvalue weighted by molar-refractivity contribution is 7.13. The lowest BCUT2D eigenvalue weighted by Gasteiger charge is -2.14. The summed E-state index contributed by atoms with van der Waals surface area (Å²) in [4.78, 5) is 36.5. The van der Waals surface area contributed by atoms with Crippen molar-refractivity contribution in [1.29, 1.82) is 0 Å². The van der Waals surface area contributed by atoms with Crippen molar-refractivity contribution in [3.05, 3.63) is 59.6 Å². The summed E-state index contributed by atoms with van der Waals surface area (Å²) in [5.74, 6) is -0.978. The van der Waals surface area contributed by atoms with E-state index in [2.05, 4.69) is 15.8 Å². The van der Waals surface area contributed by atoms with Gasteiger partial charge in [-0.3, -0.25) is 20.3 Å². The summed E-state index contributed by atoms with van der Waals surface area (Å²) in [6.07, 6.45) is 1.61. The number of nitrogens with zero attached hydrogens (tertiary/aromatic N) is 3. The number of carbonyl (C=O) groups is 3. The van der Waals surface area contributed by atoms with E-state index in [0.717, 1.165) is 15.6 Å². The SMILES string of the molecule is O=C1CN(NC(=O)c2cn(-c3ccccc3)nc2-c2cccs2)C(=O)N1. The molecule has 0 radical (unpaired) electrons. The van der Waals surface area contributed by atoms with E-state index in [0.29, 0.717) is 11.3 Å². The van der Waals surface area contributed by atoms with Crippen LogP contribution in [0.1, 0.15) is 10.4 Å². The van der Waals surface area contributed by atoms with Gasteiger partial charge >= 0.3 is 6.03 Å². The van der Waals surface area contributed by atoms with Gasteiger partial charge in [-0.05, 0) is 23.6 Å². The molecule has 0 spiro atoms. The van der Waals surface area contributed by atoms with E-state index >= 15 is 0 Å². The van der Waals surface area contributed by atoms with Crippen LogP contribution in [0, 0.1) is 0 Å². The Hall–Kier alpha value is -3.46. The quantitative estimate of drug-likeness (QED) is 0.687. The first-order chi connectivity index (χ1) is 12.6. The highest BCUT2D eigenvalue weighted by Crippen LogP contribution is 2.27. The van der Waals surface area contributed by atoms with Crippen LogP contribution in [-0.4, -0.2) is 39.2 Å². The summed E-state index contributed by atoms with van der Waals surface area (Å²) in [5, 5.41) is 9.49. The molecule has 130 valence electrons. The summed E-state index contributed by atoms with van der Waals surface area (Å²) < 4.78 is 1.61. The van der Waals surface area contributed by atoms with Gasteiger partial charge in [-0.15, -0.1) is 11.3 Å². The molecule has 1 fully saturated rings. The van der Waals surface area contributed by atoms with Crippen LogP contribution in [0.5, 0.6) is 0 Å². The van der Waals surface area contributed by atoms with Gasteiger partial charge in [-0.25, -0.2) is 14.5 Å². The number of para-hydroxylation sites is 1. The molecule has 2 N–H and O–H groups in total. The average Bonchev–Trinajstić information content (AvgIpc) is 3.36. The van der Waals surface area contributed by atoms with E-state index in [1.165, 1.54) is 11.3 Å². The van der Waals surface area contributed by atoms with Crippen molar-refractivity contribution in [3.63, 3.8) is 0 Å². The van der Waals surface area contributed by atoms with Gasteiger partial charge in [0.25, 0.3) is 5.91 Å². The van der Waals surface area contributed by atoms with E-state index in [-0.39, 0.29) is 6.54 Å². The molecule has 4 amide bonds. The lowest BCUT2D eigenvalue weighted by atomic mass is 10.2. The van der Waals surface area contributed by atoms with Crippen molar-refractivity contribution in [1.82, 2.24) is 25.5 Å². The largest absolute Gasteiger partial charge is 0.343 e. The molecule has 1 aliphatic rings. The van der Waals surface area contributed by atoms with Crippen LogP contribution in [-0.2, 0) is 4.79 Å². The third-order valence-electron chi connectivity index (χ3n) is 3.76. The maximum atomic E-state index is 12.7. The smallest absolute Gasteiger partial charge is 0.275 e. The van der Waals surface area contributed by atoms with Crippen LogP contribution >= 0.6 is 11.3 Å². The number of amides is 4. The van der Waals surface area contributed by atoms with Crippen molar-refractivity contribution < 1.29 is 14.4 Å². The van der Waals surface area contributed by atoms with Crippen LogP contribution in [0.3, 0.4) is 0 Å². The van der Waals surface area contributed by atoms with Crippen molar-refractivity contribution >= 4 is 29.2 Å². The minimum atomic E-state index is -0.656. The molecular weight excluding hydrogens is 354 g/mol. The van der Waals surface area contributed by atoms with Gasteiger partial charge in [0.1, 0.15) is 12.2 Å². The first-order valence-electron chi connectivity index (χ1n) is 7.73. The predicted octanol–water partition coefficient (Wildman–Crippen LogP) is 1.80. The molecule has 0 saturated carbocycles. The first-order valence-corrected chi connectivity index (χ1v) is 8.61. The van der Waals surface area contributed by atoms with Gasteiger partial charge in [0.05, 0.1) is 16.1 Å². The second-order valence-electron chi connectivity index (χ2n) is 5.53. The lowest BCUT2D eigenvalue weighted by molar-refractivity contribution is -0.118. The maximum Gasteiger partial charge on any atom is 0.343 e. The first kappa shape index (κ1) is 16.0. The third kappa shape index (κ3) is 2.95. The molecule has 0 bridgehead atoms. The molecule has 9 heteroatoms. The van der Waals surface area contributed by atoms with Gasteiger partial charge < -0.3 is 0 Å². The Morgan fingerprint density at radius 1 is 1.15 bits per heavy atom. The Morgan fingerprint density at radius 2 is 1.96 bits per heavy atom. The minimum absolute atomic E-state index is 0.217. The number of rotatable bonds is 4. The minimum Gasteiger partial charge on any atom is -0.275 e. The Kier molecular flexibility index (Phi) is 3.98. The van der Waals surface area contributed by atoms with E-state index in [4.69, 9.17) is 0 Å². The number of hydrazine groups is 1. The molecule has 0 unspecified atom stereocenters. The molecule has 0 atom stereocenters. The molecule has 2 aromatic heterocycles. The fourth-order valence-corrected chi connectivity index (χ4v) is 3.29. The number of aromatic nitrogens is 2. The van der Waals surface area contributed by atoms with Crippen LogP contribution in [0.25, 0.3) is 16.3 Å². The number of nitrogens with one attached hydrogen (secondary N) is 2. The summed E-state index contributed by atoms with van der Waals surface area (Å²) in [5.41, 5.74) is 4.07.